The molecular weight excluding hydrogens is 302 g/mol. The molecule has 0 aliphatic carbocycles. The van der Waals surface area contributed by atoms with Crippen LogP contribution in [0.3, 0.4) is 0 Å². The Labute approximate surface area is 133 Å². The highest BCUT2D eigenvalue weighted by atomic mass is 32.2. The van der Waals surface area contributed by atoms with E-state index in [4.69, 9.17) is 4.74 Å². The Kier molecular flexibility index (Phi) is 5.83. The second-order valence-corrected chi connectivity index (χ2v) is 5.53. The van der Waals surface area contributed by atoms with Crippen molar-refractivity contribution in [3.63, 3.8) is 0 Å². The third kappa shape index (κ3) is 4.24. The van der Waals surface area contributed by atoms with E-state index in [-0.39, 0.29) is 12.4 Å². The Hall–Kier alpha value is -2.02. The molecule has 1 heterocycles. The molecule has 0 bridgehead atoms. The van der Waals surface area contributed by atoms with Crippen LogP contribution in [0.4, 0.5) is 0 Å². The van der Waals surface area contributed by atoms with Gasteiger partial charge in [0.2, 0.25) is 0 Å². The zero-order valence-corrected chi connectivity index (χ0v) is 13.4. The first-order chi connectivity index (χ1) is 10.6. The SMILES string of the molecule is CCc1ccc(OCc2nnc(SCC(=O)[O-])n2CC)cc1. The number of rotatable bonds is 8. The third-order valence-electron chi connectivity index (χ3n) is 3.13. The summed E-state index contributed by atoms with van der Waals surface area (Å²) in [5, 5.41) is 19.2. The molecule has 1 aromatic carbocycles. The van der Waals surface area contributed by atoms with E-state index < -0.39 is 5.97 Å². The number of nitrogens with zero attached hydrogens (tertiary/aromatic N) is 3. The summed E-state index contributed by atoms with van der Waals surface area (Å²) in [7, 11) is 0. The first-order valence-corrected chi connectivity index (χ1v) is 8.09. The van der Waals surface area contributed by atoms with Crippen LogP contribution in [0.5, 0.6) is 5.75 Å². The van der Waals surface area contributed by atoms with E-state index in [1.54, 1.807) is 0 Å². The highest BCUT2D eigenvalue weighted by molar-refractivity contribution is 7.99. The van der Waals surface area contributed by atoms with Gasteiger partial charge in [-0.25, -0.2) is 0 Å². The smallest absolute Gasteiger partial charge is 0.191 e. The Balaban J connectivity index is 2.01. The lowest BCUT2D eigenvalue weighted by Crippen LogP contribution is -2.24. The number of carbonyl (C=O) groups is 1. The molecule has 2 rings (SSSR count). The van der Waals surface area contributed by atoms with Crippen LogP contribution in [0.1, 0.15) is 25.2 Å². The lowest BCUT2D eigenvalue weighted by Gasteiger charge is -2.09. The van der Waals surface area contributed by atoms with Crippen LogP contribution in [-0.4, -0.2) is 26.5 Å². The summed E-state index contributed by atoms with van der Waals surface area (Å²) in [4.78, 5) is 10.5. The lowest BCUT2D eigenvalue weighted by molar-refractivity contribution is -0.301. The highest BCUT2D eigenvalue weighted by Crippen LogP contribution is 2.18. The number of aryl methyl sites for hydroxylation is 1. The molecule has 0 N–H and O–H groups in total. The van der Waals surface area contributed by atoms with E-state index >= 15 is 0 Å². The number of carboxylic acid groups (broad SMARTS) is 1. The van der Waals surface area contributed by atoms with Crippen molar-refractivity contribution in [2.75, 3.05) is 5.75 Å². The van der Waals surface area contributed by atoms with Crippen LogP contribution in [0, 0.1) is 0 Å². The standard InChI is InChI=1S/C15H19N3O3S/c1-3-11-5-7-12(8-6-11)21-9-13-16-17-15(18(13)4-2)22-10-14(19)20/h5-8H,3-4,9-10H2,1-2H3,(H,19,20)/p-1. The van der Waals surface area contributed by atoms with Crippen LogP contribution in [0.2, 0.25) is 0 Å². The van der Waals surface area contributed by atoms with Gasteiger partial charge in [-0.1, -0.05) is 30.8 Å². The molecule has 1 aromatic heterocycles. The summed E-state index contributed by atoms with van der Waals surface area (Å²) in [5.74, 6) is 0.177. The molecule has 6 nitrogen and oxygen atoms in total. The van der Waals surface area contributed by atoms with Gasteiger partial charge in [0.1, 0.15) is 12.4 Å². The normalized spacial score (nSPS) is 10.6. The summed E-state index contributed by atoms with van der Waals surface area (Å²) >= 11 is 1.10. The number of ether oxygens (including phenoxy) is 1. The quantitative estimate of drug-likeness (QED) is 0.682. The van der Waals surface area contributed by atoms with Crippen molar-refractivity contribution in [2.24, 2.45) is 0 Å². The maximum atomic E-state index is 10.5. The molecule has 118 valence electrons. The van der Waals surface area contributed by atoms with Crippen LogP contribution in [0.15, 0.2) is 29.4 Å². The Morgan fingerprint density at radius 3 is 2.59 bits per heavy atom. The molecule has 0 atom stereocenters. The first-order valence-electron chi connectivity index (χ1n) is 7.10. The number of aromatic nitrogens is 3. The Morgan fingerprint density at radius 1 is 1.27 bits per heavy atom. The largest absolute Gasteiger partial charge is 0.549 e. The molecular formula is C15H18N3O3S-. The number of hydrogen-bond acceptors (Lipinski definition) is 6. The lowest BCUT2D eigenvalue weighted by atomic mass is 10.2. The van der Waals surface area contributed by atoms with Gasteiger partial charge < -0.3 is 19.2 Å². The maximum absolute atomic E-state index is 10.5. The number of carbonyl (C=O) groups excluding carboxylic acids is 1. The molecule has 2 aromatic rings. The number of carboxylic acids is 1. The zero-order valence-electron chi connectivity index (χ0n) is 12.6. The molecule has 0 spiro atoms. The van der Waals surface area contributed by atoms with Crippen molar-refractivity contribution in [1.29, 1.82) is 0 Å². The second kappa shape index (κ2) is 7.84. The first kappa shape index (κ1) is 16.4. The van der Waals surface area contributed by atoms with Crippen LogP contribution >= 0.6 is 11.8 Å². The second-order valence-electron chi connectivity index (χ2n) is 4.59. The topological polar surface area (TPSA) is 80.1 Å². The molecule has 0 unspecified atom stereocenters. The zero-order chi connectivity index (χ0) is 15.9. The molecule has 0 aliphatic rings. The summed E-state index contributed by atoms with van der Waals surface area (Å²) in [6.07, 6.45) is 0.990. The fourth-order valence-electron chi connectivity index (χ4n) is 1.94. The Bertz CT molecular complexity index is 625. The van der Waals surface area contributed by atoms with E-state index in [0.717, 1.165) is 23.9 Å². The number of benzene rings is 1. The Morgan fingerprint density at radius 2 is 2.00 bits per heavy atom. The van der Waals surface area contributed by atoms with Gasteiger partial charge in [-0.05, 0) is 31.0 Å². The van der Waals surface area contributed by atoms with Gasteiger partial charge in [0.05, 0.1) is 5.97 Å². The van der Waals surface area contributed by atoms with Crippen LogP contribution < -0.4 is 9.84 Å². The van der Waals surface area contributed by atoms with Crippen LogP contribution in [-0.2, 0) is 24.4 Å². The van der Waals surface area contributed by atoms with Crippen molar-refractivity contribution >= 4 is 17.7 Å². The van der Waals surface area contributed by atoms with E-state index in [2.05, 4.69) is 17.1 Å². The summed E-state index contributed by atoms with van der Waals surface area (Å²) < 4.78 is 7.55. The fourth-order valence-corrected chi connectivity index (χ4v) is 2.68. The maximum Gasteiger partial charge on any atom is 0.191 e. The van der Waals surface area contributed by atoms with Gasteiger partial charge in [-0.15, -0.1) is 10.2 Å². The molecule has 0 aliphatic heterocycles. The number of thioether (sulfide) groups is 1. The molecule has 0 fully saturated rings. The van der Waals surface area contributed by atoms with Crippen molar-refractivity contribution in [3.8, 4) is 5.75 Å². The predicted molar refractivity (Wildman–Crippen MR) is 81.6 cm³/mol. The fraction of sp³-hybridized carbons (Fsp3) is 0.400. The number of aliphatic carboxylic acids is 1. The van der Waals surface area contributed by atoms with E-state index in [9.17, 15) is 9.90 Å². The van der Waals surface area contributed by atoms with Crippen LogP contribution in [0.25, 0.3) is 0 Å². The average molecular weight is 320 g/mol. The van der Waals surface area contributed by atoms with Gasteiger partial charge in [0.25, 0.3) is 0 Å². The predicted octanol–water partition coefficient (Wildman–Crippen LogP) is 1.28. The van der Waals surface area contributed by atoms with Crippen molar-refractivity contribution in [1.82, 2.24) is 14.8 Å². The monoisotopic (exact) mass is 320 g/mol. The molecule has 22 heavy (non-hydrogen) atoms. The third-order valence-corrected chi connectivity index (χ3v) is 4.07. The molecule has 0 saturated heterocycles. The van der Waals surface area contributed by atoms with Crippen molar-refractivity contribution in [3.05, 3.63) is 35.7 Å². The number of hydrogen-bond donors (Lipinski definition) is 0. The minimum atomic E-state index is -1.12. The van der Waals surface area contributed by atoms with E-state index in [1.165, 1.54) is 5.56 Å². The average Bonchev–Trinajstić information content (AvgIpc) is 2.93. The van der Waals surface area contributed by atoms with Gasteiger partial charge >= 0.3 is 0 Å². The summed E-state index contributed by atoms with van der Waals surface area (Å²) in [6, 6.07) is 7.91. The van der Waals surface area contributed by atoms with Crippen molar-refractivity contribution in [2.45, 2.75) is 38.6 Å². The summed E-state index contributed by atoms with van der Waals surface area (Å²) in [6.45, 7) is 4.99. The molecule has 7 heteroatoms. The molecule has 0 amide bonds. The van der Waals surface area contributed by atoms with Gasteiger partial charge in [0.15, 0.2) is 11.0 Å². The van der Waals surface area contributed by atoms with E-state index in [1.807, 2.05) is 35.8 Å². The highest BCUT2D eigenvalue weighted by Gasteiger charge is 2.11. The minimum absolute atomic E-state index is 0.141. The molecule has 0 saturated carbocycles. The van der Waals surface area contributed by atoms with Crippen molar-refractivity contribution < 1.29 is 14.6 Å². The summed E-state index contributed by atoms with van der Waals surface area (Å²) in [5.41, 5.74) is 1.25. The molecule has 0 radical (unpaired) electrons. The van der Waals surface area contributed by atoms with E-state index in [0.29, 0.717) is 17.5 Å². The minimum Gasteiger partial charge on any atom is -0.549 e. The van der Waals surface area contributed by atoms with Gasteiger partial charge in [0, 0.05) is 12.3 Å². The van der Waals surface area contributed by atoms with Gasteiger partial charge in [-0.2, -0.15) is 0 Å². The van der Waals surface area contributed by atoms with Gasteiger partial charge in [-0.3, -0.25) is 0 Å².